The fourth-order valence-electron chi connectivity index (χ4n) is 3.85. The highest BCUT2D eigenvalue weighted by Crippen LogP contribution is 2.37. The van der Waals surface area contributed by atoms with Crippen LogP contribution in [0.15, 0.2) is 24.3 Å². The van der Waals surface area contributed by atoms with Crippen LogP contribution < -0.4 is 0 Å². The number of aliphatic hydroxyl groups is 3. The highest BCUT2D eigenvalue weighted by atomic mass is 16.5. The molecular weight excluding hydrogens is 356 g/mol. The first-order valence-electron chi connectivity index (χ1n) is 10.8. The van der Waals surface area contributed by atoms with Gasteiger partial charge in [0.1, 0.15) is 0 Å². The summed E-state index contributed by atoms with van der Waals surface area (Å²) < 4.78 is 4.62. The second-order valence-corrected chi connectivity index (χ2v) is 8.31. The van der Waals surface area contributed by atoms with Gasteiger partial charge in [-0.25, -0.2) is 0 Å². The van der Waals surface area contributed by atoms with E-state index in [0.29, 0.717) is 25.7 Å². The molecule has 5 atom stereocenters. The maximum absolute atomic E-state index is 11.1. The van der Waals surface area contributed by atoms with Crippen LogP contribution in [0.5, 0.6) is 0 Å². The number of ether oxygens (including phenoxy) is 1. The predicted molar refractivity (Wildman–Crippen MR) is 112 cm³/mol. The lowest BCUT2D eigenvalue weighted by Gasteiger charge is -2.23. The number of carbonyl (C=O) groups excluding carboxylic acids is 1. The Labute approximate surface area is 170 Å². The van der Waals surface area contributed by atoms with Gasteiger partial charge in [-0.05, 0) is 44.9 Å². The summed E-state index contributed by atoms with van der Waals surface area (Å²) >= 11 is 0. The third-order valence-electron chi connectivity index (χ3n) is 5.68. The summed E-state index contributed by atoms with van der Waals surface area (Å²) in [4.78, 5) is 11.1. The number of allylic oxidation sites excluding steroid dienone is 2. The van der Waals surface area contributed by atoms with Gasteiger partial charge in [-0.1, -0.05) is 50.5 Å². The van der Waals surface area contributed by atoms with E-state index in [-0.39, 0.29) is 17.8 Å². The van der Waals surface area contributed by atoms with Gasteiger partial charge >= 0.3 is 5.97 Å². The minimum absolute atomic E-state index is 0.0380. The third kappa shape index (κ3) is 9.35. The zero-order chi connectivity index (χ0) is 21.0. The van der Waals surface area contributed by atoms with Crippen LogP contribution in [0.2, 0.25) is 0 Å². The molecule has 0 saturated heterocycles. The predicted octanol–water partition coefficient (Wildman–Crippen LogP) is 3.91. The molecule has 0 amide bonds. The molecule has 28 heavy (non-hydrogen) atoms. The average Bonchev–Trinajstić information content (AvgIpc) is 2.91. The first kappa shape index (κ1) is 24.9. The Balaban J connectivity index is 2.48. The van der Waals surface area contributed by atoms with E-state index >= 15 is 0 Å². The number of methoxy groups -OCH3 is 1. The van der Waals surface area contributed by atoms with E-state index in [1.165, 1.54) is 7.11 Å². The monoisotopic (exact) mass is 396 g/mol. The van der Waals surface area contributed by atoms with Crippen molar-refractivity contribution in [3.63, 3.8) is 0 Å². The molecule has 162 valence electrons. The standard InChI is InChI=1S/C23H40O5/c1-4-5-11-15-23(2,27)16-14-19-18(20(24)17-21(19)25)12-9-7-6-8-10-13-22(26)28-3/h7,9,14,16,18-21,24-25,27H,4-6,8,10-13,15,17H2,1-3H3/b9-7-,16-14+/t18-,19-,20+,21-,23?/m1/s1. The van der Waals surface area contributed by atoms with Gasteiger partial charge in [0.25, 0.3) is 0 Å². The summed E-state index contributed by atoms with van der Waals surface area (Å²) in [6.45, 7) is 3.94. The van der Waals surface area contributed by atoms with Crippen molar-refractivity contribution >= 4 is 5.97 Å². The largest absolute Gasteiger partial charge is 0.469 e. The molecule has 3 N–H and O–H groups in total. The lowest BCUT2D eigenvalue weighted by atomic mass is 9.88. The second-order valence-electron chi connectivity index (χ2n) is 8.31. The second kappa shape index (κ2) is 13.1. The summed E-state index contributed by atoms with van der Waals surface area (Å²) in [6.07, 6.45) is 14.8. The van der Waals surface area contributed by atoms with Crippen LogP contribution in [-0.4, -0.2) is 46.2 Å². The van der Waals surface area contributed by atoms with Crippen molar-refractivity contribution in [1.29, 1.82) is 0 Å². The highest BCUT2D eigenvalue weighted by molar-refractivity contribution is 5.68. The molecule has 0 aliphatic heterocycles. The minimum atomic E-state index is -0.873. The van der Waals surface area contributed by atoms with Crippen LogP contribution in [0.4, 0.5) is 0 Å². The molecule has 5 heteroatoms. The highest BCUT2D eigenvalue weighted by Gasteiger charge is 2.39. The van der Waals surface area contributed by atoms with E-state index in [1.54, 1.807) is 13.0 Å². The molecule has 0 aromatic heterocycles. The maximum Gasteiger partial charge on any atom is 0.305 e. The van der Waals surface area contributed by atoms with Gasteiger partial charge in [-0.3, -0.25) is 4.79 Å². The fraction of sp³-hybridized carbons (Fsp3) is 0.783. The number of aliphatic hydroxyl groups excluding tert-OH is 2. The molecular formula is C23H40O5. The van der Waals surface area contributed by atoms with Gasteiger partial charge in [0.15, 0.2) is 0 Å². The lowest BCUT2D eigenvalue weighted by molar-refractivity contribution is -0.140. The van der Waals surface area contributed by atoms with Crippen LogP contribution in [-0.2, 0) is 9.53 Å². The fourth-order valence-corrected chi connectivity index (χ4v) is 3.85. The van der Waals surface area contributed by atoms with Gasteiger partial charge in [-0.15, -0.1) is 0 Å². The van der Waals surface area contributed by atoms with Gasteiger partial charge < -0.3 is 20.1 Å². The lowest BCUT2D eigenvalue weighted by Crippen LogP contribution is -2.24. The molecule has 5 nitrogen and oxygen atoms in total. The van der Waals surface area contributed by atoms with Crippen LogP contribution in [0.1, 0.15) is 78.1 Å². The molecule has 0 radical (unpaired) electrons. The molecule has 0 spiro atoms. The molecule has 0 aromatic rings. The maximum atomic E-state index is 11.1. The van der Waals surface area contributed by atoms with Crippen molar-refractivity contribution in [3.05, 3.63) is 24.3 Å². The molecule has 1 aliphatic rings. The Kier molecular flexibility index (Phi) is 11.7. The van der Waals surface area contributed by atoms with Gasteiger partial charge in [0.05, 0.1) is 24.9 Å². The van der Waals surface area contributed by atoms with E-state index in [1.807, 2.05) is 6.08 Å². The molecule has 1 unspecified atom stereocenters. The third-order valence-corrected chi connectivity index (χ3v) is 5.68. The van der Waals surface area contributed by atoms with Crippen molar-refractivity contribution in [2.75, 3.05) is 7.11 Å². The number of rotatable bonds is 13. The van der Waals surface area contributed by atoms with Crippen LogP contribution in [0, 0.1) is 11.8 Å². The molecule has 1 rings (SSSR count). The van der Waals surface area contributed by atoms with Gasteiger partial charge in [-0.2, -0.15) is 0 Å². The van der Waals surface area contributed by atoms with E-state index in [4.69, 9.17) is 0 Å². The normalized spacial score (nSPS) is 27.5. The van der Waals surface area contributed by atoms with E-state index in [0.717, 1.165) is 38.5 Å². The number of carbonyl (C=O) groups is 1. The topological polar surface area (TPSA) is 87.0 Å². The zero-order valence-electron chi connectivity index (χ0n) is 17.8. The molecule has 1 aliphatic carbocycles. The van der Waals surface area contributed by atoms with Crippen molar-refractivity contribution in [1.82, 2.24) is 0 Å². The Morgan fingerprint density at radius 2 is 1.89 bits per heavy atom. The molecule has 0 aromatic carbocycles. The van der Waals surface area contributed by atoms with Crippen molar-refractivity contribution in [2.24, 2.45) is 11.8 Å². The van der Waals surface area contributed by atoms with Crippen LogP contribution in [0.25, 0.3) is 0 Å². The van der Waals surface area contributed by atoms with E-state index in [9.17, 15) is 20.1 Å². The molecule has 0 heterocycles. The number of unbranched alkanes of at least 4 members (excludes halogenated alkanes) is 4. The first-order valence-corrected chi connectivity index (χ1v) is 10.8. The summed E-state index contributed by atoms with van der Waals surface area (Å²) in [7, 11) is 1.40. The Morgan fingerprint density at radius 3 is 2.57 bits per heavy atom. The zero-order valence-corrected chi connectivity index (χ0v) is 17.8. The van der Waals surface area contributed by atoms with Crippen molar-refractivity contribution < 1.29 is 24.9 Å². The summed E-state index contributed by atoms with van der Waals surface area (Å²) in [5.74, 6) is -0.354. The molecule has 1 saturated carbocycles. The average molecular weight is 397 g/mol. The van der Waals surface area contributed by atoms with Gasteiger partial charge in [0, 0.05) is 18.8 Å². The summed E-state index contributed by atoms with van der Waals surface area (Å²) in [5.41, 5.74) is -0.873. The summed E-state index contributed by atoms with van der Waals surface area (Å²) in [6, 6.07) is 0. The van der Waals surface area contributed by atoms with Crippen molar-refractivity contribution in [3.8, 4) is 0 Å². The van der Waals surface area contributed by atoms with Crippen molar-refractivity contribution in [2.45, 2.75) is 95.9 Å². The Morgan fingerprint density at radius 1 is 1.14 bits per heavy atom. The summed E-state index contributed by atoms with van der Waals surface area (Å²) in [5, 5.41) is 31.2. The number of hydrogen-bond acceptors (Lipinski definition) is 5. The first-order chi connectivity index (χ1) is 13.3. The smallest absolute Gasteiger partial charge is 0.305 e. The van der Waals surface area contributed by atoms with Crippen LogP contribution in [0.3, 0.4) is 0 Å². The molecule has 1 fully saturated rings. The number of hydrogen-bond donors (Lipinski definition) is 3. The van der Waals surface area contributed by atoms with E-state index in [2.05, 4.69) is 23.8 Å². The SMILES string of the molecule is CCCCCC(C)(O)/C=C/[C@@H]1[C@@H](C/C=C\CCCCC(=O)OC)[C@@H](O)C[C@H]1O. The Bertz CT molecular complexity index is 497. The molecule has 0 bridgehead atoms. The quantitative estimate of drug-likeness (QED) is 0.250. The minimum Gasteiger partial charge on any atom is -0.469 e. The van der Waals surface area contributed by atoms with Gasteiger partial charge in [0.2, 0.25) is 0 Å². The van der Waals surface area contributed by atoms with E-state index < -0.39 is 17.8 Å². The van der Waals surface area contributed by atoms with Crippen LogP contribution >= 0.6 is 0 Å². The Hall–Kier alpha value is -1.17. The number of esters is 1.